The number of nitrogens with zero attached hydrogens (tertiary/aromatic N) is 2. The number of carboxylic acid groups (broad SMARTS) is 1. The van der Waals surface area contributed by atoms with E-state index in [-0.39, 0.29) is 18.2 Å². The van der Waals surface area contributed by atoms with Crippen molar-refractivity contribution in [2.24, 2.45) is 5.92 Å². The Labute approximate surface area is 113 Å². The van der Waals surface area contributed by atoms with E-state index >= 15 is 0 Å². The average Bonchev–Trinajstić information content (AvgIpc) is 2.39. The molecule has 2 aliphatic rings. The summed E-state index contributed by atoms with van der Waals surface area (Å²) in [5.74, 6) is -0.422. The van der Waals surface area contributed by atoms with Crippen LogP contribution in [0, 0.1) is 5.92 Å². The minimum atomic E-state index is -0.744. The molecule has 108 valence electrons. The first-order chi connectivity index (χ1) is 9.15. The van der Waals surface area contributed by atoms with Gasteiger partial charge < -0.3 is 14.7 Å². The lowest BCUT2D eigenvalue weighted by Crippen LogP contribution is -2.47. The molecule has 2 fully saturated rings. The van der Waals surface area contributed by atoms with Crippen LogP contribution in [0.2, 0.25) is 0 Å². The van der Waals surface area contributed by atoms with Gasteiger partial charge in [-0.25, -0.2) is 0 Å². The molecule has 1 atom stereocenters. The highest BCUT2D eigenvalue weighted by Crippen LogP contribution is 2.19. The number of ether oxygens (including phenoxy) is 1. The van der Waals surface area contributed by atoms with E-state index in [2.05, 4.69) is 4.90 Å². The summed E-state index contributed by atoms with van der Waals surface area (Å²) in [5.41, 5.74) is 0. The molecule has 0 aromatic heterocycles. The summed E-state index contributed by atoms with van der Waals surface area (Å²) >= 11 is 0. The summed E-state index contributed by atoms with van der Waals surface area (Å²) < 4.78 is 5.23. The monoisotopic (exact) mass is 270 g/mol. The first kappa shape index (κ1) is 14.3. The van der Waals surface area contributed by atoms with Crippen LogP contribution in [0.25, 0.3) is 0 Å². The van der Waals surface area contributed by atoms with Crippen LogP contribution in [0.1, 0.15) is 19.3 Å². The molecule has 0 saturated carbocycles. The second-order valence-electron chi connectivity index (χ2n) is 5.33. The largest absolute Gasteiger partial charge is 0.481 e. The zero-order chi connectivity index (χ0) is 13.7. The fourth-order valence-corrected chi connectivity index (χ4v) is 2.81. The highest BCUT2D eigenvalue weighted by atomic mass is 16.5. The van der Waals surface area contributed by atoms with Gasteiger partial charge in [0.25, 0.3) is 0 Å². The smallest absolute Gasteiger partial charge is 0.303 e. The number of piperidine rings is 1. The number of carboxylic acids is 1. The van der Waals surface area contributed by atoms with Gasteiger partial charge in [0, 0.05) is 26.1 Å². The van der Waals surface area contributed by atoms with Crippen LogP contribution in [0.3, 0.4) is 0 Å². The number of carbonyl (C=O) groups is 2. The molecule has 2 aliphatic heterocycles. The van der Waals surface area contributed by atoms with Crippen molar-refractivity contribution in [3.8, 4) is 0 Å². The Morgan fingerprint density at radius 1 is 1.21 bits per heavy atom. The summed E-state index contributed by atoms with van der Waals surface area (Å²) in [5, 5.41) is 8.83. The molecule has 0 spiro atoms. The van der Waals surface area contributed by atoms with Gasteiger partial charge in [-0.15, -0.1) is 0 Å². The zero-order valence-electron chi connectivity index (χ0n) is 11.2. The Morgan fingerprint density at radius 2 is 1.95 bits per heavy atom. The fourth-order valence-electron chi connectivity index (χ4n) is 2.81. The number of morpholine rings is 1. The lowest BCUT2D eigenvalue weighted by atomic mass is 9.95. The quantitative estimate of drug-likeness (QED) is 0.780. The summed E-state index contributed by atoms with van der Waals surface area (Å²) in [7, 11) is 0. The maximum Gasteiger partial charge on any atom is 0.303 e. The Balaban J connectivity index is 1.77. The predicted octanol–water partition coefficient (Wildman–Crippen LogP) is 0.0319. The molecule has 6 heteroatoms. The van der Waals surface area contributed by atoms with Gasteiger partial charge in [0.1, 0.15) is 0 Å². The normalized spacial score (nSPS) is 25.3. The van der Waals surface area contributed by atoms with Crippen molar-refractivity contribution in [2.45, 2.75) is 19.3 Å². The van der Waals surface area contributed by atoms with Crippen molar-refractivity contribution >= 4 is 11.9 Å². The molecule has 2 rings (SSSR count). The third-order valence-electron chi connectivity index (χ3n) is 3.79. The van der Waals surface area contributed by atoms with Crippen LogP contribution in [0.4, 0.5) is 0 Å². The Hall–Kier alpha value is -1.14. The second-order valence-corrected chi connectivity index (χ2v) is 5.33. The Kier molecular flexibility index (Phi) is 5.15. The van der Waals surface area contributed by atoms with E-state index in [0.29, 0.717) is 32.8 Å². The van der Waals surface area contributed by atoms with Crippen LogP contribution >= 0.6 is 0 Å². The number of hydrogen-bond donors (Lipinski definition) is 1. The van der Waals surface area contributed by atoms with Crippen molar-refractivity contribution in [3.63, 3.8) is 0 Å². The van der Waals surface area contributed by atoms with Crippen molar-refractivity contribution < 1.29 is 19.4 Å². The molecule has 1 N–H and O–H groups in total. The van der Waals surface area contributed by atoms with Crippen LogP contribution in [-0.4, -0.2) is 72.7 Å². The van der Waals surface area contributed by atoms with Crippen molar-refractivity contribution in [1.29, 1.82) is 0 Å². The van der Waals surface area contributed by atoms with Gasteiger partial charge in [0.15, 0.2) is 0 Å². The van der Waals surface area contributed by atoms with Crippen LogP contribution in [0.15, 0.2) is 0 Å². The minimum absolute atomic E-state index is 0.138. The zero-order valence-corrected chi connectivity index (χ0v) is 11.2. The maximum absolute atomic E-state index is 12.1. The highest BCUT2D eigenvalue weighted by Gasteiger charge is 2.25. The van der Waals surface area contributed by atoms with Gasteiger partial charge in [0.2, 0.25) is 5.91 Å². The number of likely N-dealkylation sites (tertiary alicyclic amines) is 1. The van der Waals surface area contributed by atoms with E-state index in [0.717, 1.165) is 25.9 Å². The van der Waals surface area contributed by atoms with Gasteiger partial charge in [-0.2, -0.15) is 0 Å². The van der Waals surface area contributed by atoms with Crippen LogP contribution < -0.4 is 0 Å². The van der Waals surface area contributed by atoms with Crippen molar-refractivity contribution in [1.82, 2.24) is 9.80 Å². The topological polar surface area (TPSA) is 70.1 Å². The van der Waals surface area contributed by atoms with E-state index in [4.69, 9.17) is 9.84 Å². The molecule has 0 aromatic carbocycles. The predicted molar refractivity (Wildman–Crippen MR) is 68.8 cm³/mol. The Bertz CT molecular complexity index is 329. The summed E-state index contributed by atoms with van der Waals surface area (Å²) in [4.78, 5) is 26.8. The molecule has 2 saturated heterocycles. The molecule has 19 heavy (non-hydrogen) atoms. The number of rotatable bonds is 4. The third-order valence-corrected chi connectivity index (χ3v) is 3.79. The molecule has 1 amide bonds. The van der Waals surface area contributed by atoms with E-state index in [1.165, 1.54) is 0 Å². The van der Waals surface area contributed by atoms with E-state index in [1.807, 2.05) is 4.90 Å². The van der Waals surface area contributed by atoms with Gasteiger partial charge in [0.05, 0.1) is 19.8 Å². The minimum Gasteiger partial charge on any atom is -0.481 e. The molecule has 0 aliphatic carbocycles. The fraction of sp³-hybridized carbons (Fsp3) is 0.846. The summed E-state index contributed by atoms with van der Waals surface area (Å²) in [6.07, 6.45) is 2.14. The maximum atomic E-state index is 12.1. The first-order valence-corrected chi connectivity index (χ1v) is 6.95. The molecular weight excluding hydrogens is 248 g/mol. The standard InChI is InChI=1S/C13H22N2O4/c16-12(15-4-6-19-7-5-15)10-14-3-1-2-11(9-14)8-13(17)18/h11H,1-10H2,(H,17,18). The highest BCUT2D eigenvalue weighted by molar-refractivity contribution is 5.78. The van der Waals surface area contributed by atoms with Crippen LogP contribution in [0.5, 0.6) is 0 Å². The van der Waals surface area contributed by atoms with Gasteiger partial charge in [-0.1, -0.05) is 0 Å². The van der Waals surface area contributed by atoms with E-state index in [9.17, 15) is 9.59 Å². The number of amides is 1. The number of hydrogen-bond acceptors (Lipinski definition) is 4. The molecule has 0 aromatic rings. The van der Waals surface area contributed by atoms with Crippen molar-refractivity contribution in [2.75, 3.05) is 45.9 Å². The number of aliphatic carboxylic acids is 1. The average molecular weight is 270 g/mol. The summed E-state index contributed by atoms with van der Waals surface area (Å²) in [6, 6.07) is 0. The van der Waals surface area contributed by atoms with Gasteiger partial charge in [-0.05, 0) is 25.3 Å². The van der Waals surface area contributed by atoms with Gasteiger partial charge in [-0.3, -0.25) is 14.5 Å². The lowest BCUT2D eigenvalue weighted by molar-refractivity contribution is -0.138. The second kappa shape index (κ2) is 6.86. The van der Waals surface area contributed by atoms with E-state index in [1.54, 1.807) is 0 Å². The van der Waals surface area contributed by atoms with Crippen LogP contribution in [-0.2, 0) is 14.3 Å². The van der Waals surface area contributed by atoms with E-state index < -0.39 is 5.97 Å². The van der Waals surface area contributed by atoms with Gasteiger partial charge >= 0.3 is 5.97 Å². The first-order valence-electron chi connectivity index (χ1n) is 6.95. The van der Waals surface area contributed by atoms with Crippen molar-refractivity contribution in [3.05, 3.63) is 0 Å². The molecule has 2 heterocycles. The molecular formula is C13H22N2O4. The lowest BCUT2D eigenvalue weighted by Gasteiger charge is -2.34. The number of carbonyl (C=O) groups excluding carboxylic acids is 1. The SMILES string of the molecule is O=C(O)CC1CCCN(CC(=O)N2CCOCC2)C1. The molecule has 1 unspecified atom stereocenters. The molecule has 0 radical (unpaired) electrons. The Morgan fingerprint density at radius 3 is 2.63 bits per heavy atom. The third kappa shape index (κ3) is 4.47. The molecule has 6 nitrogen and oxygen atoms in total. The molecule has 0 bridgehead atoms. The summed E-state index contributed by atoms with van der Waals surface area (Å²) in [6.45, 7) is 4.61.